The van der Waals surface area contributed by atoms with E-state index >= 15 is 0 Å². The Hall–Kier alpha value is -1.46. The summed E-state index contributed by atoms with van der Waals surface area (Å²) >= 11 is 1.70. The molecule has 0 amide bonds. The molecule has 23 heavy (non-hydrogen) atoms. The van der Waals surface area contributed by atoms with E-state index in [0.717, 1.165) is 29.8 Å². The van der Waals surface area contributed by atoms with Gasteiger partial charge in [0.05, 0.1) is 21.8 Å². The Morgan fingerprint density at radius 1 is 1.22 bits per heavy atom. The summed E-state index contributed by atoms with van der Waals surface area (Å²) in [5, 5.41) is 1.09. The lowest BCUT2D eigenvalue weighted by Gasteiger charge is -2.13. The van der Waals surface area contributed by atoms with Crippen molar-refractivity contribution in [2.75, 3.05) is 13.2 Å². The van der Waals surface area contributed by atoms with Crippen molar-refractivity contribution in [2.24, 2.45) is 5.92 Å². The molecule has 0 aliphatic carbocycles. The van der Waals surface area contributed by atoms with Gasteiger partial charge in [-0.1, -0.05) is 26.0 Å². The van der Waals surface area contributed by atoms with Crippen LogP contribution < -0.4 is 0 Å². The maximum atomic E-state index is 11.8. The summed E-state index contributed by atoms with van der Waals surface area (Å²) < 4.78 is 12.0. The van der Waals surface area contributed by atoms with Crippen LogP contribution in [0.1, 0.15) is 38.6 Å². The highest BCUT2D eigenvalue weighted by atomic mass is 32.1. The third-order valence-corrected chi connectivity index (χ3v) is 4.61. The van der Waals surface area contributed by atoms with E-state index in [2.05, 4.69) is 24.9 Å². The van der Waals surface area contributed by atoms with Crippen molar-refractivity contribution < 1.29 is 14.3 Å². The number of fused-ring (bicyclic) bond motifs is 1. The number of hydrogen-bond acceptors (Lipinski definition) is 5. The monoisotopic (exact) mass is 335 g/mol. The minimum Gasteiger partial charge on any atom is -0.464 e. The van der Waals surface area contributed by atoms with Gasteiger partial charge in [-0.2, -0.15) is 0 Å². The van der Waals surface area contributed by atoms with Crippen LogP contribution >= 0.6 is 11.3 Å². The molecule has 0 spiro atoms. The minimum absolute atomic E-state index is 0.280. The first-order valence-corrected chi connectivity index (χ1v) is 9.00. The highest BCUT2D eigenvalue weighted by molar-refractivity contribution is 7.18. The normalized spacial score (nSPS) is 12.7. The van der Waals surface area contributed by atoms with Crippen LogP contribution in [0.15, 0.2) is 24.3 Å². The van der Waals surface area contributed by atoms with E-state index in [1.807, 2.05) is 18.2 Å². The highest BCUT2D eigenvalue weighted by Crippen LogP contribution is 2.22. The number of carbonyl (C=O) groups is 1. The lowest BCUT2D eigenvalue weighted by Crippen LogP contribution is -2.24. The molecule has 0 fully saturated rings. The Balaban J connectivity index is 1.65. The molecular weight excluding hydrogens is 310 g/mol. The van der Waals surface area contributed by atoms with Gasteiger partial charge in [-0.3, -0.25) is 0 Å². The van der Waals surface area contributed by atoms with Crippen molar-refractivity contribution >= 4 is 27.5 Å². The number of aromatic nitrogens is 1. The van der Waals surface area contributed by atoms with Crippen LogP contribution in [0.25, 0.3) is 10.2 Å². The number of para-hydroxylation sites is 1. The molecule has 0 aliphatic heterocycles. The molecule has 0 bridgehead atoms. The van der Waals surface area contributed by atoms with Crippen LogP contribution in [-0.4, -0.2) is 30.3 Å². The van der Waals surface area contributed by atoms with Gasteiger partial charge in [0.2, 0.25) is 0 Å². The van der Waals surface area contributed by atoms with Gasteiger partial charge in [0, 0.05) is 13.0 Å². The van der Waals surface area contributed by atoms with E-state index in [1.54, 1.807) is 18.3 Å². The number of aryl methyl sites for hydroxylation is 1. The van der Waals surface area contributed by atoms with E-state index < -0.39 is 6.10 Å². The van der Waals surface area contributed by atoms with Crippen LogP contribution in [0, 0.1) is 5.92 Å². The standard InChI is InChI=1S/C18H25NO3S/c1-13(2)10-12-21-14(3)18(20)22-11-6-9-17-19-15-7-4-5-8-16(15)23-17/h4-5,7-8,13-14H,6,9-12H2,1-3H3. The average molecular weight is 335 g/mol. The first kappa shape index (κ1) is 17.9. The van der Waals surface area contributed by atoms with Crippen LogP contribution in [0.5, 0.6) is 0 Å². The van der Waals surface area contributed by atoms with Crippen molar-refractivity contribution in [3.05, 3.63) is 29.3 Å². The number of rotatable bonds is 9. The molecule has 0 radical (unpaired) electrons. The zero-order chi connectivity index (χ0) is 16.7. The molecule has 1 aromatic heterocycles. The molecule has 5 heteroatoms. The predicted octanol–water partition coefficient (Wildman–Crippen LogP) is 4.22. The molecule has 126 valence electrons. The second-order valence-corrected chi connectivity index (χ2v) is 7.16. The maximum Gasteiger partial charge on any atom is 0.334 e. The second-order valence-electron chi connectivity index (χ2n) is 6.04. The molecule has 2 rings (SSSR count). The van der Waals surface area contributed by atoms with Crippen molar-refractivity contribution in [2.45, 2.75) is 46.1 Å². The number of ether oxygens (including phenoxy) is 2. The van der Waals surface area contributed by atoms with E-state index in [1.165, 1.54) is 4.70 Å². The number of nitrogens with zero attached hydrogens (tertiary/aromatic N) is 1. The second kappa shape index (κ2) is 8.99. The first-order chi connectivity index (χ1) is 11.1. The number of esters is 1. The van der Waals surface area contributed by atoms with Gasteiger partial charge < -0.3 is 9.47 Å². The Morgan fingerprint density at radius 2 is 2.00 bits per heavy atom. The molecule has 0 aliphatic rings. The predicted molar refractivity (Wildman–Crippen MR) is 93.8 cm³/mol. The number of benzene rings is 1. The van der Waals surface area contributed by atoms with Crippen molar-refractivity contribution in [1.29, 1.82) is 0 Å². The van der Waals surface area contributed by atoms with Gasteiger partial charge in [0.1, 0.15) is 0 Å². The molecule has 0 saturated carbocycles. The molecule has 2 aromatic rings. The summed E-state index contributed by atoms with van der Waals surface area (Å²) in [6, 6.07) is 8.11. The Morgan fingerprint density at radius 3 is 2.74 bits per heavy atom. The summed E-state index contributed by atoms with van der Waals surface area (Å²) in [6.07, 6.45) is 2.07. The van der Waals surface area contributed by atoms with Crippen LogP contribution in [-0.2, 0) is 20.7 Å². The zero-order valence-electron chi connectivity index (χ0n) is 14.1. The van der Waals surface area contributed by atoms with Gasteiger partial charge in [0.25, 0.3) is 0 Å². The maximum absolute atomic E-state index is 11.8. The fraction of sp³-hybridized carbons (Fsp3) is 0.556. The molecule has 1 heterocycles. The Bertz CT molecular complexity index is 591. The van der Waals surface area contributed by atoms with E-state index in [9.17, 15) is 4.79 Å². The van der Waals surface area contributed by atoms with Crippen LogP contribution in [0.4, 0.5) is 0 Å². The smallest absolute Gasteiger partial charge is 0.334 e. The third kappa shape index (κ3) is 5.92. The van der Waals surface area contributed by atoms with Gasteiger partial charge in [-0.15, -0.1) is 11.3 Å². The van der Waals surface area contributed by atoms with Gasteiger partial charge >= 0.3 is 5.97 Å². The van der Waals surface area contributed by atoms with Crippen LogP contribution in [0.2, 0.25) is 0 Å². The topological polar surface area (TPSA) is 48.4 Å². The largest absolute Gasteiger partial charge is 0.464 e. The fourth-order valence-corrected chi connectivity index (χ4v) is 3.10. The fourth-order valence-electron chi connectivity index (χ4n) is 2.09. The lowest BCUT2D eigenvalue weighted by atomic mass is 10.1. The van der Waals surface area contributed by atoms with Gasteiger partial charge in [0.15, 0.2) is 6.10 Å². The summed E-state index contributed by atoms with van der Waals surface area (Å²) in [7, 11) is 0. The first-order valence-electron chi connectivity index (χ1n) is 8.19. The van der Waals surface area contributed by atoms with Crippen LogP contribution in [0.3, 0.4) is 0 Å². The average Bonchev–Trinajstić information content (AvgIpc) is 2.93. The molecule has 1 aromatic carbocycles. The van der Waals surface area contributed by atoms with E-state index in [4.69, 9.17) is 9.47 Å². The van der Waals surface area contributed by atoms with Gasteiger partial charge in [-0.25, -0.2) is 9.78 Å². The number of thiazole rings is 1. The van der Waals surface area contributed by atoms with Crippen molar-refractivity contribution in [1.82, 2.24) is 4.98 Å². The number of carbonyl (C=O) groups excluding carboxylic acids is 1. The minimum atomic E-state index is -0.490. The molecule has 4 nitrogen and oxygen atoms in total. The molecule has 1 unspecified atom stereocenters. The zero-order valence-corrected chi connectivity index (χ0v) is 14.9. The van der Waals surface area contributed by atoms with E-state index in [0.29, 0.717) is 19.1 Å². The molecular formula is C18H25NO3S. The van der Waals surface area contributed by atoms with Crippen molar-refractivity contribution in [3.63, 3.8) is 0 Å². The molecule has 0 N–H and O–H groups in total. The summed E-state index contributed by atoms with van der Waals surface area (Å²) in [4.78, 5) is 16.4. The lowest BCUT2D eigenvalue weighted by molar-refractivity contribution is -0.156. The summed E-state index contributed by atoms with van der Waals surface area (Å²) in [6.45, 7) is 7.02. The third-order valence-electron chi connectivity index (χ3n) is 3.51. The highest BCUT2D eigenvalue weighted by Gasteiger charge is 2.15. The summed E-state index contributed by atoms with van der Waals surface area (Å²) in [5.74, 6) is 0.296. The SMILES string of the molecule is CC(C)CCOC(C)C(=O)OCCCc1nc2ccccc2s1. The Labute approximate surface area is 141 Å². The molecule has 1 atom stereocenters. The molecule has 0 saturated heterocycles. The van der Waals surface area contributed by atoms with E-state index in [-0.39, 0.29) is 5.97 Å². The quantitative estimate of drug-likeness (QED) is 0.508. The summed E-state index contributed by atoms with van der Waals surface area (Å²) in [5.41, 5.74) is 1.04. The van der Waals surface area contributed by atoms with Crippen molar-refractivity contribution in [3.8, 4) is 0 Å². The Kier molecular flexibility index (Phi) is 6.99. The number of hydrogen-bond donors (Lipinski definition) is 0. The van der Waals surface area contributed by atoms with Gasteiger partial charge in [-0.05, 0) is 37.8 Å².